The molecule has 1 aliphatic carbocycles. The summed E-state index contributed by atoms with van der Waals surface area (Å²) in [4.78, 5) is 11.3. The van der Waals surface area contributed by atoms with Gasteiger partial charge in [-0.05, 0) is 31.6 Å². The van der Waals surface area contributed by atoms with Gasteiger partial charge in [-0.3, -0.25) is 0 Å². The largest absolute Gasteiger partial charge is 0.405 e. The van der Waals surface area contributed by atoms with E-state index in [4.69, 9.17) is 5.26 Å². The van der Waals surface area contributed by atoms with Crippen molar-refractivity contribution in [2.45, 2.75) is 44.3 Å². The average Bonchev–Trinajstić information content (AvgIpc) is 2.29. The van der Waals surface area contributed by atoms with Crippen LogP contribution in [0.3, 0.4) is 0 Å². The molecule has 18 heavy (non-hydrogen) atoms. The second kappa shape index (κ2) is 5.46. The monoisotopic (exact) mass is 263 g/mol. The molecule has 4 nitrogen and oxygen atoms in total. The van der Waals surface area contributed by atoms with E-state index in [9.17, 15) is 18.0 Å². The van der Waals surface area contributed by atoms with Crippen LogP contribution in [-0.4, -0.2) is 24.3 Å². The van der Waals surface area contributed by atoms with Crippen LogP contribution in [0, 0.1) is 17.2 Å². The van der Waals surface area contributed by atoms with Crippen LogP contribution in [0.1, 0.15) is 32.6 Å². The third-order valence-electron chi connectivity index (χ3n) is 3.14. The van der Waals surface area contributed by atoms with Crippen molar-refractivity contribution in [3.05, 3.63) is 0 Å². The topological polar surface area (TPSA) is 64.9 Å². The van der Waals surface area contributed by atoms with Crippen LogP contribution in [0.25, 0.3) is 0 Å². The highest BCUT2D eigenvalue weighted by atomic mass is 19.4. The number of carbonyl (C=O) groups is 1. The van der Waals surface area contributed by atoms with Crippen molar-refractivity contribution in [1.82, 2.24) is 10.6 Å². The van der Waals surface area contributed by atoms with Gasteiger partial charge < -0.3 is 10.6 Å². The van der Waals surface area contributed by atoms with Gasteiger partial charge in [-0.1, -0.05) is 6.92 Å². The Morgan fingerprint density at radius 3 is 2.44 bits per heavy atom. The van der Waals surface area contributed by atoms with E-state index in [-0.39, 0.29) is 0 Å². The molecule has 0 aliphatic heterocycles. The number of amides is 2. The van der Waals surface area contributed by atoms with E-state index in [1.165, 1.54) is 0 Å². The molecule has 1 rings (SSSR count). The molecule has 0 bridgehead atoms. The molecule has 0 aromatic heterocycles. The zero-order valence-electron chi connectivity index (χ0n) is 10.1. The van der Waals surface area contributed by atoms with E-state index >= 15 is 0 Å². The molecule has 2 N–H and O–H groups in total. The number of hydrogen-bond acceptors (Lipinski definition) is 2. The summed E-state index contributed by atoms with van der Waals surface area (Å²) >= 11 is 0. The number of hydrogen-bond donors (Lipinski definition) is 2. The van der Waals surface area contributed by atoms with Gasteiger partial charge in [-0.15, -0.1) is 0 Å². The molecule has 102 valence electrons. The van der Waals surface area contributed by atoms with Crippen LogP contribution in [0.15, 0.2) is 0 Å². The number of nitriles is 1. The third-order valence-corrected chi connectivity index (χ3v) is 3.14. The van der Waals surface area contributed by atoms with Crippen LogP contribution in [0.2, 0.25) is 0 Å². The molecule has 1 fully saturated rings. The molecule has 0 aromatic rings. The first-order chi connectivity index (χ1) is 8.26. The molecule has 0 atom stereocenters. The van der Waals surface area contributed by atoms with Gasteiger partial charge in [0.15, 0.2) is 0 Å². The molecule has 1 aliphatic rings. The average molecular weight is 263 g/mol. The highest BCUT2D eigenvalue weighted by Gasteiger charge is 2.36. The molecule has 2 amide bonds. The van der Waals surface area contributed by atoms with Crippen molar-refractivity contribution in [3.63, 3.8) is 0 Å². The Morgan fingerprint density at radius 2 is 2.00 bits per heavy atom. The van der Waals surface area contributed by atoms with Crippen molar-refractivity contribution >= 4 is 6.03 Å². The second-order valence-electron chi connectivity index (χ2n) is 4.80. The van der Waals surface area contributed by atoms with Gasteiger partial charge in [0.25, 0.3) is 0 Å². The molecule has 0 saturated heterocycles. The maximum absolute atomic E-state index is 11.9. The van der Waals surface area contributed by atoms with Gasteiger partial charge in [0.1, 0.15) is 12.1 Å². The van der Waals surface area contributed by atoms with Gasteiger partial charge in [-0.25, -0.2) is 4.79 Å². The smallest absolute Gasteiger partial charge is 0.329 e. The van der Waals surface area contributed by atoms with Gasteiger partial charge in [-0.2, -0.15) is 18.4 Å². The molecule has 0 radical (unpaired) electrons. The van der Waals surface area contributed by atoms with Crippen molar-refractivity contribution < 1.29 is 18.0 Å². The maximum Gasteiger partial charge on any atom is 0.405 e. The van der Waals surface area contributed by atoms with Gasteiger partial charge in [0.05, 0.1) is 6.07 Å². The number of alkyl halides is 3. The minimum Gasteiger partial charge on any atom is -0.329 e. The molecule has 0 unspecified atom stereocenters. The summed E-state index contributed by atoms with van der Waals surface area (Å²) in [5.74, 6) is 0.478. The minimum absolute atomic E-state index is 0.476. The number of carbonyl (C=O) groups excluding carboxylic acids is 1. The third kappa shape index (κ3) is 4.43. The standard InChI is InChI=1S/C11H16F3N3O/c1-8-2-4-10(6-15,5-3-8)17-9(18)16-7-11(12,13)14/h8H,2-5,7H2,1H3,(H2,16,17,18). The Kier molecular flexibility index (Phi) is 4.43. The Morgan fingerprint density at radius 1 is 1.44 bits per heavy atom. The van der Waals surface area contributed by atoms with Crippen LogP contribution in [-0.2, 0) is 0 Å². The van der Waals surface area contributed by atoms with E-state index in [1.807, 2.05) is 13.0 Å². The van der Waals surface area contributed by atoms with E-state index < -0.39 is 24.3 Å². The lowest BCUT2D eigenvalue weighted by Crippen LogP contribution is -2.54. The van der Waals surface area contributed by atoms with Crippen LogP contribution in [0.4, 0.5) is 18.0 Å². The first-order valence-corrected chi connectivity index (χ1v) is 5.80. The summed E-state index contributed by atoms with van der Waals surface area (Å²) in [6.45, 7) is 0.655. The van der Waals surface area contributed by atoms with Crippen molar-refractivity contribution in [2.75, 3.05) is 6.54 Å². The van der Waals surface area contributed by atoms with Gasteiger partial charge >= 0.3 is 12.2 Å². The summed E-state index contributed by atoms with van der Waals surface area (Å²) in [5.41, 5.74) is -1.03. The van der Waals surface area contributed by atoms with Crippen LogP contribution < -0.4 is 10.6 Å². The Hall–Kier alpha value is -1.45. The number of urea groups is 1. The maximum atomic E-state index is 11.9. The summed E-state index contributed by atoms with van der Waals surface area (Å²) in [6.07, 6.45) is -1.92. The van der Waals surface area contributed by atoms with E-state index in [2.05, 4.69) is 5.32 Å². The normalized spacial score (nSPS) is 28.3. The summed E-state index contributed by atoms with van der Waals surface area (Å²) in [6, 6.07) is 1.07. The lowest BCUT2D eigenvalue weighted by Gasteiger charge is -2.34. The highest BCUT2D eigenvalue weighted by molar-refractivity contribution is 5.75. The number of nitrogens with zero attached hydrogens (tertiary/aromatic N) is 1. The molecule has 0 aromatic carbocycles. The molecule has 1 saturated carbocycles. The SMILES string of the molecule is CC1CCC(C#N)(NC(=O)NCC(F)(F)F)CC1. The predicted molar refractivity (Wildman–Crippen MR) is 58.6 cm³/mol. The summed E-state index contributed by atoms with van der Waals surface area (Å²) in [5, 5.41) is 13.2. The van der Waals surface area contributed by atoms with Crippen molar-refractivity contribution in [2.24, 2.45) is 5.92 Å². The zero-order valence-corrected chi connectivity index (χ0v) is 10.1. The Labute approximate surface area is 104 Å². The predicted octanol–water partition coefficient (Wildman–Crippen LogP) is 2.32. The Balaban J connectivity index is 2.49. The van der Waals surface area contributed by atoms with Crippen molar-refractivity contribution in [1.29, 1.82) is 5.26 Å². The fourth-order valence-corrected chi connectivity index (χ4v) is 1.96. The Bertz CT molecular complexity index is 340. The number of nitrogens with one attached hydrogen (secondary N) is 2. The molecular weight excluding hydrogens is 247 g/mol. The highest BCUT2D eigenvalue weighted by Crippen LogP contribution is 2.31. The van der Waals surface area contributed by atoms with Gasteiger partial charge in [0.2, 0.25) is 0 Å². The lowest BCUT2D eigenvalue weighted by molar-refractivity contribution is -0.122. The molecule has 0 spiro atoms. The van der Waals surface area contributed by atoms with Crippen LogP contribution in [0.5, 0.6) is 0 Å². The quantitative estimate of drug-likeness (QED) is 0.803. The lowest BCUT2D eigenvalue weighted by atomic mass is 9.78. The fourth-order valence-electron chi connectivity index (χ4n) is 1.96. The van der Waals surface area contributed by atoms with E-state index in [0.29, 0.717) is 18.8 Å². The van der Waals surface area contributed by atoms with E-state index in [1.54, 1.807) is 5.32 Å². The van der Waals surface area contributed by atoms with Gasteiger partial charge in [0, 0.05) is 0 Å². The number of rotatable bonds is 2. The first kappa shape index (κ1) is 14.6. The molecular formula is C11H16F3N3O. The zero-order chi connectivity index (χ0) is 13.8. The van der Waals surface area contributed by atoms with E-state index in [0.717, 1.165) is 12.8 Å². The minimum atomic E-state index is -4.45. The van der Waals surface area contributed by atoms with Crippen molar-refractivity contribution in [3.8, 4) is 6.07 Å². The second-order valence-corrected chi connectivity index (χ2v) is 4.80. The molecule has 0 heterocycles. The molecule has 7 heteroatoms. The summed E-state index contributed by atoms with van der Waals surface area (Å²) in [7, 11) is 0. The van der Waals surface area contributed by atoms with Crippen LogP contribution >= 0.6 is 0 Å². The number of halogens is 3. The summed E-state index contributed by atoms with van der Waals surface area (Å²) < 4.78 is 35.7. The fraction of sp³-hybridized carbons (Fsp3) is 0.818. The first-order valence-electron chi connectivity index (χ1n) is 5.80.